The van der Waals surface area contributed by atoms with Crippen molar-refractivity contribution in [3.63, 3.8) is 0 Å². The number of aliphatic carboxylic acids is 2. The molecule has 0 spiro atoms. The molecule has 0 N–H and O–H groups in total. The standard InChI is InChI=1S/C14H12O4.2Na/c15-12(16)11-8-4-5-9-14(11,13(17)18)10-6-2-1-3-7-10;;/h1-9,11H,(H,15,16)(H,17,18);;/q;2*+1/p-2. The van der Waals surface area contributed by atoms with Gasteiger partial charge in [-0.25, -0.2) is 0 Å². The van der Waals surface area contributed by atoms with Crippen LogP contribution in [0.15, 0.2) is 54.6 Å². The summed E-state index contributed by atoms with van der Waals surface area (Å²) in [7, 11) is 0. The average molecular weight is 288 g/mol. The van der Waals surface area contributed by atoms with Crippen LogP contribution >= 0.6 is 0 Å². The van der Waals surface area contributed by atoms with Crippen LogP contribution < -0.4 is 69.3 Å². The van der Waals surface area contributed by atoms with Gasteiger partial charge in [-0.3, -0.25) is 0 Å². The zero-order valence-corrected chi connectivity index (χ0v) is 15.4. The van der Waals surface area contributed by atoms with Gasteiger partial charge in [0.15, 0.2) is 0 Å². The van der Waals surface area contributed by atoms with Gasteiger partial charge in [-0.15, -0.1) is 0 Å². The molecule has 4 nitrogen and oxygen atoms in total. The summed E-state index contributed by atoms with van der Waals surface area (Å²) in [5.74, 6) is -4.18. The van der Waals surface area contributed by atoms with Crippen LogP contribution in [-0.4, -0.2) is 11.9 Å². The summed E-state index contributed by atoms with van der Waals surface area (Å²) in [6, 6.07) is 8.16. The normalized spacial score (nSPS) is 23.3. The quantitative estimate of drug-likeness (QED) is 0.518. The molecule has 92 valence electrons. The number of benzene rings is 1. The molecule has 0 aromatic heterocycles. The number of carboxylic acids is 2. The average Bonchev–Trinajstić information content (AvgIpc) is 2.39. The van der Waals surface area contributed by atoms with Gasteiger partial charge in [0.1, 0.15) is 0 Å². The molecule has 2 unspecified atom stereocenters. The number of carboxylic acid groups (broad SMARTS) is 2. The smallest absolute Gasteiger partial charge is 0.549 e. The first-order valence-electron chi connectivity index (χ1n) is 5.43. The summed E-state index contributed by atoms with van der Waals surface area (Å²) < 4.78 is 0. The van der Waals surface area contributed by atoms with Crippen molar-refractivity contribution in [1.82, 2.24) is 0 Å². The van der Waals surface area contributed by atoms with Crippen molar-refractivity contribution in [2.45, 2.75) is 5.41 Å². The Morgan fingerprint density at radius 1 is 1.00 bits per heavy atom. The van der Waals surface area contributed by atoms with Crippen molar-refractivity contribution >= 4 is 11.9 Å². The summed E-state index contributed by atoms with van der Waals surface area (Å²) in [5, 5.41) is 22.7. The second-order valence-electron chi connectivity index (χ2n) is 4.06. The molecule has 0 radical (unpaired) electrons. The van der Waals surface area contributed by atoms with Crippen molar-refractivity contribution in [3.8, 4) is 0 Å². The van der Waals surface area contributed by atoms with Gasteiger partial charge in [0, 0.05) is 11.9 Å². The minimum atomic E-state index is -1.71. The van der Waals surface area contributed by atoms with E-state index in [-0.39, 0.29) is 59.1 Å². The fourth-order valence-corrected chi connectivity index (χ4v) is 2.21. The van der Waals surface area contributed by atoms with Gasteiger partial charge in [0.05, 0.1) is 11.4 Å². The molecule has 1 aromatic carbocycles. The predicted molar refractivity (Wildman–Crippen MR) is 59.9 cm³/mol. The van der Waals surface area contributed by atoms with Crippen LogP contribution in [-0.2, 0) is 15.0 Å². The van der Waals surface area contributed by atoms with E-state index in [0.717, 1.165) is 0 Å². The van der Waals surface area contributed by atoms with Crippen LogP contribution in [0.5, 0.6) is 0 Å². The van der Waals surface area contributed by atoms with E-state index >= 15 is 0 Å². The van der Waals surface area contributed by atoms with Crippen LogP contribution in [0.2, 0.25) is 0 Å². The molecule has 0 saturated heterocycles. The zero-order valence-electron chi connectivity index (χ0n) is 11.4. The number of hydrogen-bond donors (Lipinski definition) is 0. The number of carbonyl (C=O) groups is 2. The maximum atomic E-state index is 11.5. The van der Waals surface area contributed by atoms with Gasteiger partial charge in [0.2, 0.25) is 0 Å². The molecule has 2 atom stereocenters. The molecule has 0 heterocycles. The maximum absolute atomic E-state index is 11.5. The molecule has 0 aliphatic heterocycles. The molecule has 0 fully saturated rings. The summed E-state index contributed by atoms with van der Waals surface area (Å²) in [6.45, 7) is 0. The molecule has 1 aromatic rings. The van der Waals surface area contributed by atoms with Crippen LogP contribution in [0.25, 0.3) is 0 Å². The van der Waals surface area contributed by atoms with Gasteiger partial charge in [-0.1, -0.05) is 54.6 Å². The number of rotatable bonds is 3. The molecule has 1 aliphatic carbocycles. The SMILES string of the molecule is O=C([O-])C1C=CC=CC1(C(=O)[O-])c1ccccc1.[Na+].[Na+]. The Bertz CT molecular complexity index is 539. The minimum absolute atomic E-state index is 0. The Morgan fingerprint density at radius 3 is 2.10 bits per heavy atom. The van der Waals surface area contributed by atoms with Gasteiger partial charge < -0.3 is 19.8 Å². The monoisotopic (exact) mass is 288 g/mol. The van der Waals surface area contributed by atoms with E-state index in [1.165, 1.54) is 24.3 Å². The number of carbonyl (C=O) groups excluding carboxylic acids is 2. The van der Waals surface area contributed by atoms with Crippen molar-refractivity contribution in [2.24, 2.45) is 5.92 Å². The first-order chi connectivity index (χ1) is 8.59. The van der Waals surface area contributed by atoms with E-state index < -0.39 is 23.3 Å². The van der Waals surface area contributed by atoms with Crippen molar-refractivity contribution in [2.75, 3.05) is 0 Å². The fraction of sp³-hybridized carbons (Fsp3) is 0.143. The molecule has 20 heavy (non-hydrogen) atoms. The topological polar surface area (TPSA) is 80.3 Å². The van der Waals surface area contributed by atoms with Gasteiger partial charge in [-0.05, 0) is 5.56 Å². The van der Waals surface area contributed by atoms with Crippen molar-refractivity contribution < 1.29 is 78.9 Å². The van der Waals surface area contributed by atoms with Crippen molar-refractivity contribution in [1.29, 1.82) is 0 Å². The Kier molecular flexibility index (Phi) is 8.03. The summed E-state index contributed by atoms with van der Waals surface area (Å²) in [6.07, 6.45) is 5.63. The molecular formula is C14H10Na2O4. The van der Waals surface area contributed by atoms with Crippen molar-refractivity contribution in [3.05, 3.63) is 60.2 Å². The first-order valence-corrected chi connectivity index (χ1v) is 5.43. The van der Waals surface area contributed by atoms with E-state index in [2.05, 4.69) is 0 Å². The van der Waals surface area contributed by atoms with E-state index in [1.807, 2.05) is 0 Å². The first kappa shape index (κ1) is 19.6. The molecule has 0 bridgehead atoms. The zero-order chi connectivity index (χ0) is 13.2. The third kappa shape index (κ3) is 3.45. The molecule has 0 saturated carbocycles. The number of allylic oxidation sites excluding steroid dienone is 2. The molecular weight excluding hydrogens is 278 g/mol. The summed E-state index contributed by atoms with van der Waals surface area (Å²) in [5.41, 5.74) is -1.35. The van der Waals surface area contributed by atoms with Crippen LogP contribution in [0.1, 0.15) is 5.56 Å². The molecule has 0 amide bonds. The second-order valence-corrected chi connectivity index (χ2v) is 4.06. The number of hydrogen-bond acceptors (Lipinski definition) is 4. The Balaban J connectivity index is 0.00000180. The van der Waals surface area contributed by atoms with Gasteiger partial charge in [0.25, 0.3) is 0 Å². The second kappa shape index (κ2) is 8.17. The fourth-order valence-electron chi connectivity index (χ4n) is 2.21. The van der Waals surface area contributed by atoms with E-state index in [0.29, 0.717) is 5.56 Å². The molecule has 2 rings (SSSR count). The third-order valence-electron chi connectivity index (χ3n) is 3.11. The predicted octanol–water partition coefficient (Wildman–Crippen LogP) is -6.83. The summed E-state index contributed by atoms with van der Waals surface area (Å²) >= 11 is 0. The van der Waals surface area contributed by atoms with E-state index in [9.17, 15) is 19.8 Å². The van der Waals surface area contributed by atoms with E-state index in [4.69, 9.17) is 0 Å². The maximum Gasteiger partial charge on any atom is 1.00 e. The Labute approximate surface area is 161 Å². The van der Waals surface area contributed by atoms with Gasteiger partial charge in [-0.2, -0.15) is 0 Å². The summed E-state index contributed by atoms with van der Waals surface area (Å²) in [4.78, 5) is 22.7. The Morgan fingerprint density at radius 2 is 1.60 bits per heavy atom. The third-order valence-corrected chi connectivity index (χ3v) is 3.11. The minimum Gasteiger partial charge on any atom is -0.549 e. The Hall–Kier alpha value is -0.360. The van der Waals surface area contributed by atoms with Crippen LogP contribution in [0.4, 0.5) is 0 Å². The van der Waals surface area contributed by atoms with Crippen LogP contribution in [0, 0.1) is 5.92 Å². The van der Waals surface area contributed by atoms with Crippen LogP contribution in [0.3, 0.4) is 0 Å². The largest absolute Gasteiger partial charge is 1.00 e. The van der Waals surface area contributed by atoms with Gasteiger partial charge >= 0.3 is 59.1 Å². The molecule has 6 heteroatoms. The van der Waals surface area contributed by atoms with E-state index in [1.54, 1.807) is 30.3 Å². The molecule has 1 aliphatic rings.